The Morgan fingerprint density at radius 2 is 1.87 bits per heavy atom. The molecule has 5 nitrogen and oxygen atoms in total. The van der Waals surface area contributed by atoms with Crippen molar-refractivity contribution >= 4 is 48.9 Å². The maximum atomic E-state index is 13.6. The van der Waals surface area contributed by atoms with Crippen LogP contribution in [0.4, 0.5) is 8.78 Å². The molecule has 0 unspecified atom stereocenters. The van der Waals surface area contributed by atoms with Crippen LogP contribution < -0.4 is 4.74 Å². The fraction of sp³-hybridized carbons (Fsp3) is 0.364. The van der Waals surface area contributed by atoms with E-state index in [1.165, 1.54) is 12.1 Å². The standard InChI is InChI=1S/C22H22Br2F2N2O3/c1-4-28-18-10-14(5-6-17(18)27-19(28)7-12(2)3)31-20-15(23)8-13(9-16(20)24)11-22(25,26)21(29)30/h5-6,8-10,12H,4,7,11H2,1-3H3,(H,29,30). The molecule has 2 aromatic carbocycles. The number of imidazole rings is 1. The minimum absolute atomic E-state index is 0.163. The summed E-state index contributed by atoms with van der Waals surface area (Å²) >= 11 is 6.69. The van der Waals surface area contributed by atoms with Crippen molar-refractivity contribution in [1.82, 2.24) is 9.55 Å². The first-order chi connectivity index (χ1) is 14.5. The molecule has 0 aliphatic heterocycles. The molecule has 166 valence electrons. The van der Waals surface area contributed by atoms with Crippen LogP contribution in [-0.4, -0.2) is 26.5 Å². The Morgan fingerprint density at radius 1 is 1.23 bits per heavy atom. The first kappa shape index (κ1) is 23.7. The third-order valence-corrected chi connectivity index (χ3v) is 5.90. The van der Waals surface area contributed by atoms with Gasteiger partial charge in [0.15, 0.2) is 5.75 Å². The molecular formula is C22H22Br2F2N2O3. The van der Waals surface area contributed by atoms with Gasteiger partial charge in [-0.2, -0.15) is 8.78 Å². The Balaban J connectivity index is 1.92. The SMILES string of the molecule is CCn1c(CC(C)C)nc2ccc(Oc3c(Br)cc(CC(F)(F)C(=O)O)cc3Br)cc21. The van der Waals surface area contributed by atoms with Crippen molar-refractivity contribution in [3.63, 3.8) is 0 Å². The molecule has 0 radical (unpaired) electrons. The Kier molecular flexibility index (Phi) is 7.05. The van der Waals surface area contributed by atoms with Crippen LogP contribution in [0.3, 0.4) is 0 Å². The molecule has 0 spiro atoms. The molecule has 3 aromatic rings. The fourth-order valence-corrected chi connectivity index (χ4v) is 4.79. The number of aromatic nitrogens is 2. The number of rotatable bonds is 8. The highest BCUT2D eigenvalue weighted by Gasteiger charge is 2.39. The van der Waals surface area contributed by atoms with Crippen molar-refractivity contribution < 1.29 is 23.4 Å². The van der Waals surface area contributed by atoms with Crippen molar-refractivity contribution in [2.24, 2.45) is 5.92 Å². The monoisotopic (exact) mass is 558 g/mol. The number of carboxylic acids is 1. The molecule has 0 bridgehead atoms. The summed E-state index contributed by atoms with van der Waals surface area (Å²) in [6, 6.07) is 8.48. The highest BCUT2D eigenvalue weighted by atomic mass is 79.9. The van der Waals surface area contributed by atoms with Crippen LogP contribution in [-0.2, 0) is 24.2 Å². The van der Waals surface area contributed by atoms with Gasteiger partial charge in [0.25, 0.3) is 0 Å². The van der Waals surface area contributed by atoms with Crippen LogP contribution in [0.2, 0.25) is 0 Å². The molecule has 31 heavy (non-hydrogen) atoms. The maximum absolute atomic E-state index is 13.6. The summed E-state index contributed by atoms with van der Waals surface area (Å²) in [7, 11) is 0. The van der Waals surface area contributed by atoms with Crippen molar-refractivity contribution in [2.75, 3.05) is 0 Å². The molecular weight excluding hydrogens is 538 g/mol. The summed E-state index contributed by atoms with van der Waals surface area (Å²) in [6.07, 6.45) is -0.0433. The average molecular weight is 560 g/mol. The van der Waals surface area contributed by atoms with Gasteiger partial charge in [-0.25, -0.2) is 9.78 Å². The highest BCUT2D eigenvalue weighted by molar-refractivity contribution is 9.11. The van der Waals surface area contributed by atoms with Crippen molar-refractivity contribution in [3.05, 3.63) is 50.7 Å². The Morgan fingerprint density at radius 3 is 2.42 bits per heavy atom. The summed E-state index contributed by atoms with van der Waals surface area (Å²) < 4.78 is 36.2. The van der Waals surface area contributed by atoms with Crippen molar-refractivity contribution in [3.8, 4) is 11.5 Å². The lowest BCUT2D eigenvalue weighted by atomic mass is 10.1. The summed E-state index contributed by atoms with van der Waals surface area (Å²) in [6.45, 7) is 7.15. The fourth-order valence-electron chi connectivity index (χ4n) is 3.35. The Hall–Kier alpha value is -2.00. The number of aliphatic carboxylic acids is 1. The largest absolute Gasteiger partial charge is 0.477 e. The van der Waals surface area contributed by atoms with E-state index in [-0.39, 0.29) is 5.56 Å². The van der Waals surface area contributed by atoms with E-state index < -0.39 is 18.3 Å². The van der Waals surface area contributed by atoms with Crippen LogP contribution in [0.25, 0.3) is 11.0 Å². The molecule has 0 saturated heterocycles. The zero-order valence-corrected chi connectivity index (χ0v) is 20.4. The number of hydrogen-bond donors (Lipinski definition) is 1. The first-order valence-electron chi connectivity index (χ1n) is 9.78. The Bertz CT molecular complexity index is 1110. The molecule has 0 aliphatic carbocycles. The molecule has 0 aliphatic rings. The van der Waals surface area contributed by atoms with Crippen LogP contribution in [0, 0.1) is 5.92 Å². The smallest absolute Gasteiger partial charge is 0.374 e. The number of fused-ring (bicyclic) bond motifs is 1. The van der Waals surface area contributed by atoms with E-state index in [1.807, 2.05) is 12.1 Å². The van der Waals surface area contributed by atoms with Crippen molar-refractivity contribution in [1.29, 1.82) is 0 Å². The number of aryl methyl sites for hydroxylation is 1. The summed E-state index contributed by atoms with van der Waals surface area (Å²) in [5.74, 6) is -3.52. The molecule has 3 rings (SSSR count). The van der Waals surface area contributed by atoms with E-state index >= 15 is 0 Å². The number of benzene rings is 2. The van der Waals surface area contributed by atoms with Gasteiger partial charge < -0.3 is 14.4 Å². The van der Waals surface area contributed by atoms with Crippen LogP contribution in [0.5, 0.6) is 11.5 Å². The summed E-state index contributed by atoms with van der Waals surface area (Å²) in [5, 5.41) is 8.66. The second-order valence-electron chi connectivity index (χ2n) is 7.70. The molecule has 0 amide bonds. The quantitative estimate of drug-likeness (QED) is 0.328. The summed E-state index contributed by atoms with van der Waals surface area (Å²) in [5.41, 5.74) is 2.01. The number of carbonyl (C=O) groups is 1. The second-order valence-corrected chi connectivity index (χ2v) is 9.41. The van der Waals surface area contributed by atoms with Gasteiger partial charge in [0.2, 0.25) is 0 Å². The summed E-state index contributed by atoms with van der Waals surface area (Å²) in [4.78, 5) is 15.5. The number of nitrogens with zero attached hydrogens (tertiary/aromatic N) is 2. The topological polar surface area (TPSA) is 64.4 Å². The molecule has 0 fully saturated rings. The minimum Gasteiger partial charge on any atom is -0.477 e. The van der Waals surface area contributed by atoms with E-state index in [2.05, 4.69) is 57.2 Å². The lowest BCUT2D eigenvalue weighted by Gasteiger charge is -2.15. The lowest BCUT2D eigenvalue weighted by molar-refractivity contribution is -0.164. The maximum Gasteiger partial charge on any atom is 0.374 e. The van der Waals surface area contributed by atoms with Gasteiger partial charge in [-0.1, -0.05) is 13.8 Å². The van der Waals surface area contributed by atoms with Gasteiger partial charge in [-0.3, -0.25) is 0 Å². The first-order valence-corrected chi connectivity index (χ1v) is 11.4. The van der Waals surface area contributed by atoms with Gasteiger partial charge in [0.1, 0.15) is 11.6 Å². The number of hydrogen-bond acceptors (Lipinski definition) is 3. The normalized spacial score (nSPS) is 12.0. The zero-order valence-electron chi connectivity index (χ0n) is 17.3. The Labute approximate surface area is 195 Å². The number of alkyl halides is 2. The van der Waals surface area contributed by atoms with Gasteiger partial charge in [-0.15, -0.1) is 0 Å². The van der Waals surface area contributed by atoms with E-state index in [1.54, 1.807) is 6.07 Å². The van der Waals surface area contributed by atoms with Crippen LogP contribution >= 0.6 is 31.9 Å². The number of carboxylic acid groups (broad SMARTS) is 1. The van der Waals surface area contributed by atoms with E-state index in [0.29, 0.717) is 26.4 Å². The lowest BCUT2D eigenvalue weighted by Crippen LogP contribution is -2.30. The van der Waals surface area contributed by atoms with Gasteiger partial charge >= 0.3 is 11.9 Å². The predicted octanol–water partition coefficient (Wildman–Crippen LogP) is 6.83. The van der Waals surface area contributed by atoms with E-state index in [0.717, 1.165) is 29.8 Å². The van der Waals surface area contributed by atoms with E-state index in [4.69, 9.17) is 14.8 Å². The zero-order chi connectivity index (χ0) is 22.9. The number of halogens is 4. The minimum atomic E-state index is -3.85. The molecule has 0 saturated carbocycles. The predicted molar refractivity (Wildman–Crippen MR) is 122 cm³/mol. The highest BCUT2D eigenvalue weighted by Crippen LogP contribution is 2.39. The van der Waals surface area contributed by atoms with Gasteiger partial charge in [-0.05, 0) is 74.5 Å². The molecule has 0 atom stereocenters. The third kappa shape index (κ3) is 5.26. The average Bonchev–Trinajstić information content (AvgIpc) is 2.99. The van der Waals surface area contributed by atoms with Gasteiger partial charge in [0.05, 0.1) is 20.0 Å². The molecule has 9 heteroatoms. The number of ether oxygens (including phenoxy) is 1. The molecule has 1 aromatic heterocycles. The van der Waals surface area contributed by atoms with Gasteiger partial charge in [0, 0.05) is 25.5 Å². The van der Waals surface area contributed by atoms with Crippen molar-refractivity contribution in [2.45, 2.75) is 46.1 Å². The molecule has 1 heterocycles. The van der Waals surface area contributed by atoms with E-state index in [9.17, 15) is 13.6 Å². The second kappa shape index (κ2) is 9.24. The van der Waals surface area contributed by atoms with Crippen LogP contribution in [0.1, 0.15) is 32.2 Å². The van der Waals surface area contributed by atoms with Crippen LogP contribution in [0.15, 0.2) is 39.3 Å². The third-order valence-electron chi connectivity index (χ3n) is 4.72. The molecule has 1 N–H and O–H groups in total.